The van der Waals surface area contributed by atoms with Crippen LogP contribution in [0.1, 0.15) is 72.6 Å². The van der Waals surface area contributed by atoms with Gasteiger partial charge in [0.1, 0.15) is 0 Å². The van der Waals surface area contributed by atoms with Crippen molar-refractivity contribution < 1.29 is 19.1 Å². The molecule has 226 valence electrons. The van der Waals surface area contributed by atoms with E-state index in [2.05, 4.69) is 88.2 Å². The van der Waals surface area contributed by atoms with Gasteiger partial charge in [-0.15, -0.1) is 0 Å². The van der Waals surface area contributed by atoms with Crippen LogP contribution in [0, 0.1) is 41.5 Å². The van der Waals surface area contributed by atoms with Crippen molar-refractivity contribution in [2.75, 3.05) is 18.1 Å². The largest absolute Gasteiger partial charge is 0.463 e. The lowest BCUT2D eigenvalue weighted by Crippen LogP contribution is -2.32. The van der Waals surface area contributed by atoms with E-state index in [1.807, 2.05) is 26.0 Å². The molecule has 0 atom stereocenters. The molecule has 1 aliphatic rings. The molecule has 0 amide bonds. The van der Waals surface area contributed by atoms with E-state index < -0.39 is 17.9 Å². The third-order valence-corrected chi connectivity index (χ3v) is 8.78. The average Bonchev–Trinajstić information content (AvgIpc) is 2.97. The number of dihydropyridines is 1. The van der Waals surface area contributed by atoms with Gasteiger partial charge in [-0.2, -0.15) is 0 Å². The summed E-state index contributed by atoms with van der Waals surface area (Å²) in [7, 11) is 0. The molecule has 0 aromatic heterocycles. The lowest BCUT2D eigenvalue weighted by atomic mass is 9.80. The maximum absolute atomic E-state index is 13.3. The topological polar surface area (TPSA) is 67.9 Å². The van der Waals surface area contributed by atoms with E-state index in [0.717, 1.165) is 22.6 Å². The molecule has 3 aromatic carbocycles. The molecule has 6 heteroatoms. The molecule has 0 aliphatic carbocycles. The van der Waals surface area contributed by atoms with Gasteiger partial charge < -0.3 is 19.7 Å². The molecular formula is C37H44N2O4. The summed E-state index contributed by atoms with van der Waals surface area (Å²) in [5.74, 6) is -1.53. The minimum absolute atomic E-state index is 0.234. The Balaban J connectivity index is 1.92. The van der Waals surface area contributed by atoms with E-state index >= 15 is 0 Å². The third kappa shape index (κ3) is 5.96. The second-order valence-electron chi connectivity index (χ2n) is 11.3. The number of carbonyl (C=O) groups is 2. The van der Waals surface area contributed by atoms with Crippen molar-refractivity contribution in [3.63, 3.8) is 0 Å². The van der Waals surface area contributed by atoms with Gasteiger partial charge in [0.05, 0.1) is 30.3 Å². The summed E-state index contributed by atoms with van der Waals surface area (Å²) in [6.45, 7) is 20.6. The molecule has 3 aromatic rings. The first-order chi connectivity index (χ1) is 20.4. The summed E-state index contributed by atoms with van der Waals surface area (Å²) in [4.78, 5) is 28.8. The molecule has 0 saturated carbocycles. The number of allylic oxidation sites excluding steroid dienone is 2. The Morgan fingerprint density at radius 3 is 1.44 bits per heavy atom. The zero-order chi connectivity index (χ0) is 31.6. The molecule has 6 nitrogen and oxygen atoms in total. The quantitative estimate of drug-likeness (QED) is 0.270. The van der Waals surface area contributed by atoms with Crippen LogP contribution in [0.15, 0.2) is 71.1 Å². The number of carbonyl (C=O) groups excluding carboxylic acids is 2. The van der Waals surface area contributed by atoms with Crippen LogP contribution >= 0.6 is 0 Å². The Morgan fingerprint density at radius 1 is 0.628 bits per heavy atom. The first kappa shape index (κ1) is 31.6. The number of rotatable bonds is 8. The van der Waals surface area contributed by atoms with E-state index in [1.165, 1.54) is 33.4 Å². The van der Waals surface area contributed by atoms with Crippen molar-refractivity contribution >= 4 is 29.0 Å². The average molecular weight is 581 g/mol. The third-order valence-electron chi connectivity index (χ3n) is 8.78. The standard InChI is InChI=1S/C37H44N2O4/c1-11-42-36(40)33-27(9)38-28(10)34(37(41)43-12-2)35(33)29-15-17-30(18-16-29)39(31-19-13-21(3)23(5)25(31)7)32-20-14-22(4)24(6)26(32)8/h13-20,35,38H,11-12H2,1-10H3. The van der Waals surface area contributed by atoms with Crippen LogP contribution < -0.4 is 10.2 Å². The van der Waals surface area contributed by atoms with Crippen LogP contribution in [0.2, 0.25) is 0 Å². The molecule has 1 aliphatic heterocycles. The van der Waals surface area contributed by atoms with E-state index in [0.29, 0.717) is 22.5 Å². The van der Waals surface area contributed by atoms with Gasteiger partial charge in [0.15, 0.2) is 0 Å². The minimum Gasteiger partial charge on any atom is -0.463 e. The smallest absolute Gasteiger partial charge is 0.336 e. The normalized spacial score (nSPS) is 13.6. The zero-order valence-electron chi connectivity index (χ0n) is 27.2. The summed E-state index contributed by atoms with van der Waals surface area (Å²) >= 11 is 0. The second-order valence-corrected chi connectivity index (χ2v) is 11.3. The number of benzene rings is 3. The number of hydrogen-bond donors (Lipinski definition) is 1. The summed E-state index contributed by atoms with van der Waals surface area (Å²) in [6, 6.07) is 16.8. The number of hydrogen-bond acceptors (Lipinski definition) is 6. The molecular weight excluding hydrogens is 536 g/mol. The minimum atomic E-state index is -0.631. The van der Waals surface area contributed by atoms with Gasteiger partial charge in [-0.25, -0.2) is 9.59 Å². The van der Waals surface area contributed by atoms with Crippen molar-refractivity contribution in [1.29, 1.82) is 0 Å². The Bertz CT molecular complexity index is 1530. The summed E-state index contributed by atoms with van der Waals surface area (Å²) in [5, 5.41) is 3.21. The van der Waals surface area contributed by atoms with E-state index in [4.69, 9.17) is 9.47 Å². The van der Waals surface area contributed by atoms with Crippen molar-refractivity contribution in [2.24, 2.45) is 0 Å². The Hall–Kier alpha value is -4.32. The van der Waals surface area contributed by atoms with Crippen molar-refractivity contribution in [3.8, 4) is 0 Å². The predicted octanol–water partition coefficient (Wildman–Crippen LogP) is 8.37. The number of aryl methyl sites for hydroxylation is 2. The van der Waals surface area contributed by atoms with Crippen molar-refractivity contribution in [1.82, 2.24) is 5.32 Å². The van der Waals surface area contributed by atoms with Gasteiger partial charge in [0.25, 0.3) is 0 Å². The number of nitrogens with zero attached hydrogens (tertiary/aromatic N) is 1. The highest BCUT2D eigenvalue weighted by atomic mass is 16.5. The second kappa shape index (κ2) is 12.9. The van der Waals surface area contributed by atoms with Gasteiger partial charge in [0, 0.05) is 28.5 Å². The van der Waals surface area contributed by atoms with Crippen LogP contribution in [-0.4, -0.2) is 25.2 Å². The molecule has 0 radical (unpaired) electrons. The lowest BCUT2D eigenvalue weighted by Gasteiger charge is -2.32. The fraction of sp³-hybridized carbons (Fsp3) is 0.351. The predicted molar refractivity (Wildman–Crippen MR) is 174 cm³/mol. The summed E-state index contributed by atoms with van der Waals surface area (Å²) < 4.78 is 10.9. The first-order valence-corrected chi connectivity index (χ1v) is 15.0. The van der Waals surface area contributed by atoms with E-state index in [9.17, 15) is 9.59 Å². The SMILES string of the molecule is CCOC(=O)C1=C(C)NC(C)=C(C(=O)OCC)C1c1ccc(N(c2ccc(C)c(C)c2C)c2ccc(C)c(C)c2C)cc1. The fourth-order valence-corrected chi connectivity index (χ4v) is 5.88. The number of esters is 2. The van der Waals surface area contributed by atoms with Crippen LogP contribution in [0.4, 0.5) is 17.1 Å². The van der Waals surface area contributed by atoms with Gasteiger partial charge in [-0.05, 0) is 132 Å². The van der Waals surface area contributed by atoms with E-state index in [1.54, 1.807) is 13.8 Å². The first-order valence-electron chi connectivity index (χ1n) is 15.0. The molecule has 4 rings (SSSR count). The maximum Gasteiger partial charge on any atom is 0.336 e. The lowest BCUT2D eigenvalue weighted by molar-refractivity contribution is -0.139. The van der Waals surface area contributed by atoms with Gasteiger partial charge in [-0.3, -0.25) is 0 Å². The molecule has 1 N–H and O–H groups in total. The monoisotopic (exact) mass is 580 g/mol. The van der Waals surface area contributed by atoms with Crippen molar-refractivity contribution in [3.05, 3.63) is 110 Å². The maximum atomic E-state index is 13.3. The number of anilines is 3. The van der Waals surface area contributed by atoms with Crippen LogP contribution in [0.5, 0.6) is 0 Å². The Morgan fingerprint density at radius 2 is 1.05 bits per heavy atom. The molecule has 43 heavy (non-hydrogen) atoms. The molecule has 0 spiro atoms. The van der Waals surface area contributed by atoms with Crippen molar-refractivity contribution in [2.45, 2.75) is 75.2 Å². The fourth-order valence-electron chi connectivity index (χ4n) is 5.88. The molecule has 0 saturated heterocycles. The Kier molecular flexibility index (Phi) is 9.49. The number of nitrogens with one attached hydrogen (secondary N) is 1. The van der Waals surface area contributed by atoms with Gasteiger partial charge >= 0.3 is 11.9 Å². The summed E-state index contributed by atoms with van der Waals surface area (Å²) in [6.07, 6.45) is 0. The van der Waals surface area contributed by atoms with E-state index in [-0.39, 0.29) is 13.2 Å². The van der Waals surface area contributed by atoms with Crippen LogP contribution in [0.3, 0.4) is 0 Å². The van der Waals surface area contributed by atoms with Gasteiger partial charge in [-0.1, -0.05) is 24.3 Å². The highest BCUT2D eigenvalue weighted by molar-refractivity contribution is 6.00. The zero-order valence-corrected chi connectivity index (χ0v) is 27.2. The molecule has 1 heterocycles. The van der Waals surface area contributed by atoms with Crippen LogP contribution in [-0.2, 0) is 19.1 Å². The Labute approximate surface area is 256 Å². The number of ether oxygens (including phenoxy) is 2. The highest BCUT2D eigenvalue weighted by Gasteiger charge is 2.38. The summed E-state index contributed by atoms with van der Waals surface area (Å²) in [5.41, 5.74) is 13.6. The molecule has 0 unspecified atom stereocenters. The van der Waals surface area contributed by atoms with Gasteiger partial charge in [0.2, 0.25) is 0 Å². The highest BCUT2D eigenvalue weighted by Crippen LogP contribution is 2.43. The molecule has 0 bridgehead atoms. The van der Waals surface area contributed by atoms with Crippen LogP contribution in [0.25, 0.3) is 0 Å². The molecule has 0 fully saturated rings.